The molecule has 0 fully saturated rings. The van der Waals surface area contributed by atoms with E-state index >= 15 is 0 Å². The Balaban J connectivity index is 1.87. The van der Waals surface area contributed by atoms with Crippen LogP contribution >= 0.6 is 0 Å². The predicted molar refractivity (Wildman–Crippen MR) is 73.6 cm³/mol. The van der Waals surface area contributed by atoms with Crippen LogP contribution < -0.4 is 16.4 Å². The van der Waals surface area contributed by atoms with Crippen molar-refractivity contribution in [2.45, 2.75) is 39.3 Å². The molecule has 2 rings (SSSR count). The average molecular weight is 250 g/mol. The van der Waals surface area contributed by atoms with Crippen molar-refractivity contribution in [3.63, 3.8) is 0 Å². The van der Waals surface area contributed by atoms with Crippen molar-refractivity contribution in [1.29, 1.82) is 0 Å². The Morgan fingerprint density at radius 2 is 2.28 bits per heavy atom. The summed E-state index contributed by atoms with van der Waals surface area (Å²) >= 11 is 0. The minimum Gasteiger partial charge on any atom is -0.370 e. The lowest BCUT2D eigenvalue weighted by atomic mass is 9.97. The van der Waals surface area contributed by atoms with Crippen molar-refractivity contribution >= 4 is 11.9 Å². The molecule has 0 saturated heterocycles. The Morgan fingerprint density at radius 3 is 2.89 bits per heavy atom. The van der Waals surface area contributed by atoms with Crippen molar-refractivity contribution in [1.82, 2.24) is 15.3 Å². The van der Waals surface area contributed by atoms with Crippen molar-refractivity contribution in [3.05, 3.63) is 11.9 Å². The first-order valence-electron chi connectivity index (χ1n) is 6.41. The molecule has 1 aliphatic rings. The molecule has 0 spiro atoms. The summed E-state index contributed by atoms with van der Waals surface area (Å²) < 4.78 is 0. The fourth-order valence-corrected chi connectivity index (χ4v) is 2.10. The zero-order chi connectivity index (χ0) is 13.1. The molecule has 6 nitrogen and oxygen atoms in total. The number of guanidine groups is 1. The zero-order valence-corrected chi connectivity index (χ0v) is 11.2. The Kier molecular flexibility index (Phi) is 3.74. The van der Waals surface area contributed by atoms with Crippen LogP contribution in [0.15, 0.2) is 11.2 Å². The maximum absolute atomic E-state index is 5.62. The van der Waals surface area contributed by atoms with E-state index < -0.39 is 0 Å². The maximum atomic E-state index is 5.62. The second kappa shape index (κ2) is 5.29. The van der Waals surface area contributed by atoms with Gasteiger partial charge in [0.05, 0.1) is 18.8 Å². The summed E-state index contributed by atoms with van der Waals surface area (Å²) in [5.41, 5.74) is 6.76. The van der Waals surface area contributed by atoms with E-state index in [0.29, 0.717) is 24.0 Å². The number of nitrogens with zero attached hydrogens (tertiary/aromatic N) is 2. The van der Waals surface area contributed by atoms with Crippen LogP contribution in [0.2, 0.25) is 0 Å². The van der Waals surface area contributed by atoms with Gasteiger partial charge in [0, 0.05) is 11.7 Å². The minimum atomic E-state index is 0.329. The highest BCUT2D eigenvalue weighted by molar-refractivity contribution is 5.79. The average Bonchev–Trinajstić information content (AvgIpc) is 2.87. The topological polar surface area (TPSA) is 91.1 Å². The van der Waals surface area contributed by atoms with E-state index in [1.54, 1.807) is 0 Å². The molecule has 2 heterocycles. The fraction of sp³-hybridized carbons (Fsp3) is 0.667. The van der Waals surface area contributed by atoms with Crippen molar-refractivity contribution in [2.75, 3.05) is 11.9 Å². The van der Waals surface area contributed by atoms with Crippen LogP contribution in [0.25, 0.3) is 0 Å². The number of aromatic nitrogens is 2. The van der Waals surface area contributed by atoms with Crippen molar-refractivity contribution in [3.8, 4) is 0 Å². The molecule has 6 heteroatoms. The molecule has 18 heavy (non-hydrogen) atoms. The molecule has 2 atom stereocenters. The summed E-state index contributed by atoms with van der Waals surface area (Å²) in [5, 5.41) is 6.44. The Morgan fingerprint density at radius 1 is 1.50 bits per heavy atom. The van der Waals surface area contributed by atoms with Crippen LogP contribution in [-0.4, -0.2) is 34.6 Å². The van der Waals surface area contributed by atoms with Gasteiger partial charge in [-0.15, -0.1) is 0 Å². The monoisotopic (exact) mass is 250 g/mol. The van der Waals surface area contributed by atoms with Gasteiger partial charge in [0.25, 0.3) is 0 Å². The van der Waals surface area contributed by atoms with E-state index in [9.17, 15) is 0 Å². The number of rotatable bonds is 5. The number of aliphatic imine (C=N–C) groups is 1. The molecule has 5 N–H and O–H groups in total. The van der Waals surface area contributed by atoms with Crippen LogP contribution in [0, 0.1) is 5.92 Å². The summed E-state index contributed by atoms with van der Waals surface area (Å²) in [4.78, 5) is 11.8. The number of hydrogen-bond acceptors (Lipinski definition) is 5. The van der Waals surface area contributed by atoms with Gasteiger partial charge in [0.2, 0.25) is 0 Å². The molecule has 100 valence electrons. The van der Waals surface area contributed by atoms with Crippen molar-refractivity contribution in [2.24, 2.45) is 16.6 Å². The van der Waals surface area contributed by atoms with Crippen LogP contribution in [-0.2, 0) is 6.42 Å². The number of aromatic amines is 1. The van der Waals surface area contributed by atoms with E-state index in [2.05, 4.69) is 46.4 Å². The molecular weight excluding hydrogens is 228 g/mol. The number of H-pyrrole nitrogens is 1. The number of anilines is 1. The lowest BCUT2D eigenvalue weighted by Crippen LogP contribution is -2.39. The number of hydrogen-bond donors (Lipinski definition) is 4. The van der Waals surface area contributed by atoms with Gasteiger partial charge in [-0.1, -0.05) is 6.92 Å². The SMILES string of the molecule is CC(C)Nc1ncc(CC(C)C2CN=C(N)N2)[nH]1. The minimum absolute atomic E-state index is 0.329. The van der Waals surface area contributed by atoms with Crippen LogP contribution in [0.4, 0.5) is 5.95 Å². The van der Waals surface area contributed by atoms with E-state index in [1.807, 2.05) is 6.20 Å². The third-order valence-electron chi connectivity index (χ3n) is 3.07. The normalized spacial score (nSPS) is 20.7. The lowest BCUT2D eigenvalue weighted by Gasteiger charge is -2.18. The second-order valence-electron chi connectivity index (χ2n) is 5.21. The summed E-state index contributed by atoms with van der Waals surface area (Å²) in [7, 11) is 0. The molecule has 0 bridgehead atoms. The number of nitrogens with one attached hydrogen (secondary N) is 3. The smallest absolute Gasteiger partial charge is 0.200 e. The van der Waals surface area contributed by atoms with Crippen LogP contribution in [0.3, 0.4) is 0 Å². The molecule has 1 aliphatic heterocycles. The number of nitrogens with two attached hydrogens (primary N) is 1. The number of imidazole rings is 1. The lowest BCUT2D eigenvalue weighted by molar-refractivity contribution is 0.441. The van der Waals surface area contributed by atoms with Gasteiger partial charge in [0.15, 0.2) is 11.9 Å². The van der Waals surface area contributed by atoms with Gasteiger partial charge in [-0.3, -0.25) is 4.99 Å². The third-order valence-corrected chi connectivity index (χ3v) is 3.07. The van der Waals surface area contributed by atoms with E-state index in [-0.39, 0.29) is 0 Å². The quantitative estimate of drug-likeness (QED) is 0.619. The molecule has 1 aromatic heterocycles. The first kappa shape index (κ1) is 12.7. The molecule has 0 amide bonds. The van der Waals surface area contributed by atoms with Gasteiger partial charge in [-0.25, -0.2) is 4.98 Å². The molecule has 2 unspecified atom stereocenters. The molecule has 0 aliphatic carbocycles. The highest BCUT2D eigenvalue weighted by atomic mass is 15.2. The second-order valence-corrected chi connectivity index (χ2v) is 5.21. The van der Waals surface area contributed by atoms with Crippen LogP contribution in [0.1, 0.15) is 26.5 Å². The highest BCUT2D eigenvalue weighted by Gasteiger charge is 2.22. The van der Waals surface area contributed by atoms with E-state index in [4.69, 9.17) is 5.73 Å². The summed E-state index contributed by atoms with van der Waals surface area (Å²) in [6.07, 6.45) is 2.83. The summed E-state index contributed by atoms with van der Waals surface area (Å²) in [5.74, 6) is 1.85. The van der Waals surface area contributed by atoms with E-state index in [1.165, 1.54) is 0 Å². The predicted octanol–water partition coefficient (Wildman–Crippen LogP) is 0.695. The fourth-order valence-electron chi connectivity index (χ4n) is 2.10. The molecule has 1 aromatic rings. The summed E-state index contributed by atoms with van der Waals surface area (Å²) in [6, 6.07) is 0.709. The molecule has 0 saturated carbocycles. The Bertz CT molecular complexity index is 422. The van der Waals surface area contributed by atoms with Crippen molar-refractivity contribution < 1.29 is 0 Å². The Hall–Kier alpha value is -1.72. The maximum Gasteiger partial charge on any atom is 0.200 e. The molecule has 0 radical (unpaired) electrons. The zero-order valence-electron chi connectivity index (χ0n) is 11.2. The third kappa shape index (κ3) is 3.15. The first-order chi connectivity index (χ1) is 8.54. The van der Waals surface area contributed by atoms with Gasteiger partial charge >= 0.3 is 0 Å². The first-order valence-corrected chi connectivity index (χ1v) is 6.41. The van der Waals surface area contributed by atoms with Gasteiger partial charge in [-0.05, 0) is 26.2 Å². The summed E-state index contributed by atoms with van der Waals surface area (Å²) in [6.45, 7) is 7.14. The molecular formula is C12H22N6. The largest absolute Gasteiger partial charge is 0.370 e. The van der Waals surface area contributed by atoms with Gasteiger partial charge in [-0.2, -0.15) is 0 Å². The van der Waals surface area contributed by atoms with E-state index in [0.717, 1.165) is 24.6 Å². The standard InChI is InChI=1S/C12H22N6/c1-7(2)16-12-15-5-9(17-12)4-8(3)10-6-14-11(13)18-10/h5,7-8,10H,4,6H2,1-3H3,(H3,13,14,18)(H2,15,16,17). The van der Waals surface area contributed by atoms with Gasteiger partial charge in [0.1, 0.15) is 0 Å². The highest BCUT2D eigenvalue weighted by Crippen LogP contribution is 2.14. The van der Waals surface area contributed by atoms with Crippen LogP contribution in [0.5, 0.6) is 0 Å². The Labute approximate surface area is 107 Å². The van der Waals surface area contributed by atoms with Gasteiger partial charge < -0.3 is 21.4 Å². The molecule has 0 aromatic carbocycles.